The van der Waals surface area contributed by atoms with Gasteiger partial charge in [-0.05, 0) is 200 Å². The maximum atomic E-state index is 14.4. The molecule has 23 heteroatoms. The van der Waals surface area contributed by atoms with Crippen molar-refractivity contribution in [2.24, 2.45) is 15.3 Å². The molecule has 0 amide bonds. The number of hydrazone groups is 3. The standard InChI is InChI=1S/C55H51N6O12P3S2/c1-41(2)67-49-20-6-42(7-21-49)35-57-60(4)75(77,70-52-22-8-43(9-23-52)34-56-59(3)74(66,68-50-26-12-45(37-62)13-27-50)69-51-28-14-46(38-63)15-29-51)71-53-24-10-44(11-25-53)36-58-61(5)76(78,72-54-30-16-47(39-64)17-31-54)73-55-32-18-48(40-65)19-33-55/h6-41H,1-5H3/b56-34+,57-35+,58-36+. The van der Waals surface area contributed by atoms with Gasteiger partial charge in [-0.15, -0.1) is 0 Å². The zero-order valence-corrected chi connectivity index (χ0v) is 46.8. The van der Waals surface area contributed by atoms with Gasteiger partial charge in [-0.1, -0.05) is 0 Å². The molecular formula is C55H51N6O12P3S2. The van der Waals surface area contributed by atoms with Crippen molar-refractivity contribution in [1.29, 1.82) is 0 Å². The lowest BCUT2D eigenvalue weighted by Gasteiger charge is -2.29. The van der Waals surface area contributed by atoms with Crippen LogP contribution in [0.5, 0.6) is 40.2 Å². The van der Waals surface area contributed by atoms with Gasteiger partial charge in [0.25, 0.3) is 0 Å². The lowest BCUT2D eigenvalue weighted by molar-refractivity contribution is 0.111. The van der Waals surface area contributed by atoms with Crippen LogP contribution < -0.4 is 31.9 Å². The van der Waals surface area contributed by atoms with Crippen molar-refractivity contribution >= 4 is 88.4 Å². The van der Waals surface area contributed by atoms with Crippen molar-refractivity contribution < 1.29 is 55.6 Å². The number of carbonyl (C=O) groups excluding carboxylic acids is 4. The van der Waals surface area contributed by atoms with Crippen LogP contribution in [0.1, 0.15) is 72.0 Å². The fraction of sp³-hybridized carbons (Fsp3) is 0.109. The van der Waals surface area contributed by atoms with Crippen LogP contribution in [-0.4, -0.2) is 85.4 Å². The number of nitrogens with zero attached hydrogens (tertiary/aromatic N) is 6. The normalized spacial score (nSPS) is 12.3. The van der Waals surface area contributed by atoms with E-state index in [2.05, 4.69) is 15.3 Å². The van der Waals surface area contributed by atoms with E-state index in [9.17, 15) is 23.7 Å². The fourth-order valence-electron chi connectivity index (χ4n) is 6.41. The molecule has 0 saturated heterocycles. The van der Waals surface area contributed by atoms with Gasteiger partial charge < -0.3 is 31.9 Å². The minimum atomic E-state index is -4.26. The van der Waals surface area contributed by atoms with Crippen molar-refractivity contribution in [1.82, 2.24) is 14.3 Å². The summed E-state index contributed by atoms with van der Waals surface area (Å²) in [6.45, 7) is -3.08. The molecule has 78 heavy (non-hydrogen) atoms. The smallest absolute Gasteiger partial charge is 0.491 e. The summed E-state index contributed by atoms with van der Waals surface area (Å²) in [4.78, 5) is 45.1. The lowest BCUT2D eigenvalue weighted by Crippen LogP contribution is -2.17. The number of benzene rings is 7. The molecule has 0 bridgehead atoms. The second kappa shape index (κ2) is 26.7. The summed E-state index contributed by atoms with van der Waals surface area (Å²) in [6, 6.07) is 45.8. The number of hydrogen-bond acceptors (Lipinski definition) is 17. The third-order valence-corrected chi connectivity index (χ3v) is 18.0. The SMILES string of the molecule is CC(C)Oc1ccc(/C=N/N(C)P(=S)(Oc2ccc(/C=N/N(C)P(=O)(Oc3ccc(C=O)cc3)Oc3ccc(C=O)cc3)cc2)Oc2ccc(/C=N/N(C)P(=S)(Oc3ccc(C=O)cc3)Oc3ccc(C=O)cc3)cc2)cc1. The molecule has 1 atom stereocenters. The van der Waals surface area contributed by atoms with E-state index in [1.807, 2.05) is 38.1 Å². The highest BCUT2D eigenvalue weighted by atomic mass is 32.5. The van der Waals surface area contributed by atoms with Gasteiger partial charge >= 0.3 is 21.0 Å². The van der Waals surface area contributed by atoms with Crippen LogP contribution in [0.4, 0.5) is 0 Å². The quantitative estimate of drug-likeness (QED) is 0.0204. The Balaban J connectivity index is 1.10. The van der Waals surface area contributed by atoms with Crippen molar-refractivity contribution in [2.45, 2.75) is 20.0 Å². The molecule has 0 N–H and O–H groups in total. The molecule has 0 aliphatic heterocycles. The Morgan fingerprint density at radius 1 is 0.359 bits per heavy atom. The van der Waals surface area contributed by atoms with E-state index in [1.54, 1.807) is 124 Å². The summed E-state index contributed by atoms with van der Waals surface area (Å²) in [5.41, 5.74) is 3.66. The Labute approximate surface area is 461 Å². The maximum Gasteiger partial charge on any atom is 0.559 e. The van der Waals surface area contributed by atoms with Gasteiger partial charge in [0.05, 0.1) is 24.7 Å². The zero-order chi connectivity index (χ0) is 55.7. The largest absolute Gasteiger partial charge is 0.559 e. The molecule has 7 aromatic carbocycles. The number of hydrogen-bond donors (Lipinski definition) is 0. The minimum Gasteiger partial charge on any atom is -0.491 e. The molecule has 0 radical (unpaired) electrons. The van der Waals surface area contributed by atoms with Gasteiger partial charge in [0.1, 0.15) is 65.4 Å². The number of ether oxygens (including phenoxy) is 1. The zero-order valence-electron chi connectivity index (χ0n) is 42.5. The summed E-state index contributed by atoms with van der Waals surface area (Å²) in [6.07, 6.45) is 7.42. The first kappa shape index (κ1) is 57.5. The topological polar surface area (TPSA) is 197 Å². The molecule has 400 valence electrons. The highest BCUT2D eigenvalue weighted by Gasteiger charge is 2.35. The molecule has 0 spiro atoms. The van der Waals surface area contributed by atoms with Crippen LogP contribution >= 0.6 is 21.0 Å². The van der Waals surface area contributed by atoms with E-state index in [1.165, 1.54) is 71.4 Å². The highest BCUT2D eigenvalue weighted by Crippen LogP contribution is 2.54. The Hall–Kier alpha value is -8.24. The highest BCUT2D eigenvalue weighted by molar-refractivity contribution is 8.09. The van der Waals surface area contributed by atoms with Gasteiger partial charge in [-0.3, -0.25) is 19.2 Å². The van der Waals surface area contributed by atoms with E-state index in [-0.39, 0.29) is 17.6 Å². The third kappa shape index (κ3) is 16.1. The second-order valence-electron chi connectivity index (χ2n) is 16.8. The minimum absolute atomic E-state index is 0.00650. The average Bonchev–Trinajstić information content (AvgIpc) is 3.44. The molecule has 1 unspecified atom stereocenters. The molecule has 0 aliphatic rings. The number of rotatable bonds is 27. The summed E-state index contributed by atoms with van der Waals surface area (Å²) in [5, 5.41) is 13.6. The van der Waals surface area contributed by atoms with Gasteiger partial charge in [-0.25, -0.2) is 14.1 Å². The van der Waals surface area contributed by atoms with Crippen LogP contribution in [0.15, 0.2) is 185 Å². The summed E-state index contributed by atoms with van der Waals surface area (Å²) in [5.74, 6) is 2.43. The molecule has 0 heterocycles. The molecule has 7 rings (SSSR count). The van der Waals surface area contributed by atoms with Crippen LogP contribution in [0, 0.1) is 0 Å². The van der Waals surface area contributed by atoms with Crippen molar-refractivity contribution in [2.75, 3.05) is 21.1 Å². The Bertz CT molecular complexity index is 3100. The first-order valence-corrected chi connectivity index (χ1v) is 30.2. The van der Waals surface area contributed by atoms with E-state index in [0.29, 0.717) is 74.7 Å². The maximum absolute atomic E-state index is 14.4. The fourth-order valence-corrected chi connectivity index (χ4v) is 11.4. The molecule has 18 nitrogen and oxygen atoms in total. The first-order valence-electron chi connectivity index (χ1n) is 23.5. The molecule has 7 aromatic rings. The molecule has 0 aliphatic carbocycles. The average molecular weight is 1150 g/mol. The Kier molecular flexibility index (Phi) is 19.7. The molecule has 0 aromatic heterocycles. The Morgan fingerprint density at radius 2 is 0.577 bits per heavy atom. The van der Waals surface area contributed by atoms with Crippen molar-refractivity contribution in [3.63, 3.8) is 0 Å². The monoisotopic (exact) mass is 1140 g/mol. The predicted octanol–water partition coefficient (Wildman–Crippen LogP) is 12.6. The summed E-state index contributed by atoms with van der Waals surface area (Å²) >= 11 is 12.2. The Morgan fingerprint density at radius 3 is 0.821 bits per heavy atom. The van der Waals surface area contributed by atoms with Crippen molar-refractivity contribution in [3.8, 4) is 40.2 Å². The molecule has 0 fully saturated rings. The molecule has 0 saturated carbocycles. The van der Waals surface area contributed by atoms with Gasteiger partial charge in [0, 0.05) is 67.0 Å². The van der Waals surface area contributed by atoms with E-state index in [4.69, 9.17) is 55.5 Å². The number of aldehydes is 4. The predicted molar refractivity (Wildman–Crippen MR) is 308 cm³/mol. The van der Waals surface area contributed by atoms with E-state index >= 15 is 0 Å². The number of carbonyl (C=O) groups is 4. The third-order valence-electron chi connectivity index (χ3n) is 10.6. The van der Waals surface area contributed by atoms with Crippen molar-refractivity contribution in [3.05, 3.63) is 209 Å². The lowest BCUT2D eigenvalue weighted by atomic mass is 10.2. The van der Waals surface area contributed by atoms with Crippen LogP contribution in [0.25, 0.3) is 0 Å². The first-order chi connectivity index (χ1) is 37.5. The van der Waals surface area contributed by atoms with E-state index < -0.39 is 21.0 Å². The summed E-state index contributed by atoms with van der Waals surface area (Å²) < 4.78 is 61.3. The van der Waals surface area contributed by atoms with Gasteiger partial charge in [-0.2, -0.15) is 20.1 Å². The summed E-state index contributed by atoms with van der Waals surface area (Å²) in [7, 11) is 0.425. The van der Waals surface area contributed by atoms with Crippen LogP contribution in [0.2, 0.25) is 0 Å². The molecular weight excluding hydrogens is 1090 g/mol. The van der Waals surface area contributed by atoms with Gasteiger partial charge in [0.15, 0.2) is 0 Å². The second-order valence-corrected chi connectivity index (χ2v) is 25.2. The van der Waals surface area contributed by atoms with Crippen LogP contribution in [0.3, 0.4) is 0 Å². The van der Waals surface area contributed by atoms with Crippen LogP contribution in [-0.2, 0) is 28.2 Å². The van der Waals surface area contributed by atoms with Gasteiger partial charge in [0.2, 0.25) is 0 Å². The van der Waals surface area contributed by atoms with E-state index in [0.717, 1.165) is 22.9 Å².